The molecule has 1 aromatic heterocycles. The topological polar surface area (TPSA) is 66.7 Å². The van der Waals surface area contributed by atoms with Crippen molar-refractivity contribution in [2.75, 3.05) is 6.54 Å². The molecule has 2 heterocycles. The van der Waals surface area contributed by atoms with Gasteiger partial charge >= 0.3 is 0 Å². The average molecular weight is 334 g/mol. The van der Waals surface area contributed by atoms with Crippen molar-refractivity contribution < 1.29 is 4.79 Å². The van der Waals surface area contributed by atoms with E-state index >= 15 is 0 Å². The second-order valence-electron chi connectivity index (χ2n) is 6.55. The van der Waals surface area contributed by atoms with E-state index in [2.05, 4.69) is 32.5 Å². The molecular formula is C20H22N4O. The number of fused-ring (bicyclic) bond motifs is 1. The minimum absolute atomic E-state index is 0.0423. The van der Waals surface area contributed by atoms with Crippen molar-refractivity contribution in [2.24, 2.45) is 16.1 Å². The average Bonchev–Trinajstić information content (AvgIpc) is 3.40. The highest BCUT2D eigenvalue weighted by Crippen LogP contribution is 2.36. The number of nitrogens with zero attached hydrogens (tertiary/aromatic N) is 3. The molecule has 5 heteroatoms. The molecule has 1 aromatic carbocycles. The quantitative estimate of drug-likeness (QED) is 0.751. The first-order chi connectivity index (χ1) is 12.1. The van der Waals surface area contributed by atoms with Crippen LogP contribution >= 0.6 is 0 Å². The van der Waals surface area contributed by atoms with Crippen molar-refractivity contribution in [3.63, 3.8) is 0 Å². The van der Waals surface area contributed by atoms with Crippen LogP contribution in [0.15, 0.2) is 46.9 Å². The maximum Gasteiger partial charge on any atom is 0.223 e. The molecule has 1 N–H and O–H groups in total. The van der Waals surface area contributed by atoms with E-state index < -0.39 is 0 Å². The van der Waals surface area contributed by atoms with Crippen LogP contribution in [-0.4, -0.2) is 23.1 Å². The first-order valence-corrected chi connectivity index (χ1v) is 8.60. The zero-order valence-electron chi connectivity index (χ0n) is 14.4. The molecule has 128 valence electrons. The molecule has 2 aromatic rings. The van der Waals surface area contributed by atoms with Crippen LogP contribution in [0.4, 0.5) is 0 Å². The summed E-state index contributed by atoms with van der Waals surface area (Å²) in [6.07, 6.45) is 11.8. The van der Waals surface area contributed by atoms with E-state index in [0.29, 0.717) is 25.8 Å². The van der Waals surface area contributed by atoms with Crippen LogP contribution < -0.4 is 5.32 Å². The Hall–Kier alpha value is -2.74. The summed E-state index contributed by atoms with van der Waals surface area (Å²) in [5, 5.41) is 13.4. The van der Waals surface area contributed by atoms with Crippen LogP contribution in [0.5, 0.6) is 0 Å². The van der Waals surface area contributed by atoms with E-state index in [4.69, 9.17) is 6.42 Å². The smallest absolute Gasteiger partial charge is 0.223 e. The normalized spacial score (nSPS) is 15.5. The number of amides is 1. The highest BCUT2D eigenvalue weighted by atomic mass is 16.1. The lowest BCUT2D eigenvalue weighted by Crippen LogP contribution is -2.33. The molecule has 0 saturated heterocycles. The van der Waals surface area contributed by atoms with Gasteiger partial charge in [0.1, 0.15) is 0 Å². The van der Waals surface area contributed by atoms with Crippen LogP contribution in [0.2, 0.25) is 0 Å². The monoisotopic (exact) mass is 334 g/mol. The Labute approximate surface area is 147 Å². The van der Waals surface area contributed by atoms with Gasteiger partial charge in [0.25, 0.3) is 0 Å². The van der Waals surface area contributed by atoms with Crippen molar-refractivity contribution in [1.29, 1.82) is 0 Å². The summed E-state index contributed by atoms with van der Waals surface area (Å²) in [4.78, 5) is 16.7. The van der Waals surface area contributed by atoms with Gasteiger partial charge in [-0.15, -0.1) is 12.3 Å². The predicted octanol–water partition coefficient (Wildman–Crippen LogP) is 3.50. The zero-order valence-corrected chi connectivity index (χ0v) is 14.4. The number of carbonyl (C=O) groups excluding carboxylic acids is 1. The van der Waals surface area contributed by atoms with E-state index in [0.717, 1.165) is 22.8 Å². The zero-order chi connectivity index (χ0) is 17.7. The summed E-state index contributed by atoms with van der Waals surface area (Å²) in [7, 11) is 0. The Bertz CT molecular complexity index is 826. The number of terminal acetylenes is 1. The number of nitrogens with one attached hydrogen (secondary N) is 1. The molecule has 5 nitrogen and oxygen atoms in total. The third-order valence-corrected chi connectivity index (χ3v) is 4.60. The number of aromatic nitrogens is 1. The van der Waals surface area contributed by atoms with Crippen molar-refractivity contribution in [1.82, 2.24) is 10.3 Å². The minimum Gasteiger partial charge on any atom is -0.356 e. The molecule has 1 aliphatic heterocycles. The molecule has 0 radical (unpaired) electrons. The number of rotatable bonds is 8. The lowest BCUT2D eigenvalue weighted by Gasteiger charge is -2.15. The number of hydrogen-bond donors (Lipinski definition) is 1. The van der Waals surface area contributed by atoms with Crippen molar-refractivity contribution >= 4 is 16.7 Å². The van der Waals surface area contributed by atoms with Gasteiger partial charge in [0, 0.05) is 49.5 Å². The second-order valence-corrected chi connectivity index (χ2v) is 6.55. The summed E-state index contributed by atoms with van der Waals surface area (Å²) in [6, 6.07) is 8.11. The molecule has 0 aliphatic carbocycles. The van der Waals surface area contributed by atoms with Gasteiger partial charge in [-0.3, -0.25) is 9.78 Å². The third-order valence-electron chi connectivity index (χ3n) is 4.60. The molecule has 1 aliphatic rings. The van der Waals surface area contributed by atoms with Crippen molar-refractivity contribution in [3.8, 4) is 12.3 Å². The van der Waals surface area contributed by atoms with E-state index in [1.54, 1.807) is 0 Å². The highest BCUT2D eigenvalue weighted by molar-refractivity contribution is 5.85. The summed E-state index contributed by atoms with van der Waals surface area (Å²) in [6.45, 7) is 2.51. The Morgan fingerprint density at radius 3 is 2.84 bits per heavy atom. The number of benzene rings is 1. The summed E-state index contributed by atoms with van der Waals surface area (Å²) >= 11 is 0. The molecule has 0 saturated carbocycles. The Morgan fingerprint density at radius 2 is 2.08 bits per heavy atom. The van der Waals surface area contributed by atoms with Gasteiger partial charge in [-0.2, -0.15) is 10.2 Å². The van der Waals surface area contributed by atoms with Crippen LogP contribution in [0.3, 0.4) is 0 Å². The van der Waals surface area contributed by atoms with Crippen LogP contribution in [0, 0.1) is 18.3 Å². The molecule has 1 unspecified atom stereocenters. The predicted molar refractivity (Wildman–Crippen MR) is 97.9 cm³/mol. The maximum absolute atomic E-state index is 12.4. The summed E-state index contributed by atoms with van der Waals surface area (Å²) in [5.41, 5.74) is 0.751. The Balaban J connectivity index is 1.52. The molecule has 1 atom stereocenters. The fourth-order valence-corrected chi connectivity index (χ4v) is 2.99. The Kier molecular flexibility index (Phi) is 5.08. The fraction of sp³-hybridized carbons (Fsp3) is 0.400. The van der Waals surface area contributed by atoms with Gasteiger partial charge in [0.2, 0.25) is 5.91 Å². The fourth-order valence-electron chi connectivity index (χ4n) is 2.99. The maximum atomic E-state index is 12.4. The van der Waals surface area contributed by atoms with Crippen molar-refractivity contribution in [3.05, 3.63) is 42.2 Å². The second kappa shape index (κ2) is 7.43. The molecule has 0 fully saturated rings. The lowest BCUT2D eigenvalue weighted by molar-refractivity contribution is -0.124. The first kappa shape index (κ1) is 17.1. The van der Waals surface area contributed by atoms with Gasteiger partial charge in [-0.25, -0.2) is 0 Å². The van der Waals surface area contributed by atoms with E-state index in [1.165, 1.54) is 0 Å². The molecule has 0 spiro atoms. The van der Waals surface area contributed by atoms with Gasteiger partial charge in [0.05, 0.1) is 0 Å². The molecule has 1 amide bonds. The number of hydrogen-bond acceptors (Lipinski definition) is 4. The Morgan fingerprint density at radius 1 is 1.28 bits per heavy atom. The van der Waals surface area contributed by atoms with E-state index in [-0.39, 0.29) is 17.5 Å². The summed E-state index contributed by atoms with van der Waals surface area (Å²) < 4.78 is 0. The molecule has 3 rings (SSSR count). The molecular weight excluding hydrogens is 312 g/mol. The van der Waals surface area contributed by atoms with Crippen LogP contribution in [0.1, 0.15) is 31.7 Å². The van der Waals surface area contributed by atoms with Crippen LogP contribution in [-0.2, 0) is 11.2 Å². The highest BCUT2D eigenvalue weighted by Gasteiger charge is 2.38. The largest absolute Gasteiger partial charge is 0.356 e. The molecule has 0 bridgehead atoms. The number of carbonyl (C=O) groups is 1. The standard InChI is InChI=1S/C20H22N4O/c1-3-4-9-20(23-24-20)10-11-22-19(25)15(2)12-17-14-21-13-16-7-5-6-8-18(16)17/h1,5-8,13-15H,4,9-12H2,2H3,(H,22,25). The van der Waals surface area contributed by atoms with Gasteiger partial charge in [-0.05, 0) is 17.4 Å². The van der Waals surface area contributed by atoms with Gasteiger partial charge in [0.15, 0.2) is 5.66 Å². The number of pyridine rings is 1. The van der Waals surface area contributed by atoms with Crippen LogP contribution in [0.25, 0.3) is 10.8 Å². The van der Waals surface area contributed by atoms with Crippen molar-refractivity contribution in [2.45, 2.75) is 38.3 Å². The molecule has 25 heavy (non-hydrogen) atoms. The first-order valence-electron chi connectivity index (χ1n) is 8.60. The van der Waals surface area contributed by atoms with E-state index in [1.807, 2.05) is 37.5 Å². The third kappa shape index (κ3) is 4.21. The minimum atomic E-state index is -0.345. The lowest BCUT2D eigenvalue weighted by atomic mass is 9.97. The van der Waals surface area contributed by atoms with E-state index in [9.17, 15) is 4.79 Å². The SMILES string of the molecule is C#CCCC1(CCNC(=O)C(C)Cc2cncc3ccccc23)N=N1. The summed E-state index contributed by atoms with van der Waals surface area (Å²) in [5.74, 6) is 2.53. The van der Waals surface area contributed by atoms with Gasteiger partial charge in [-0.1, -0.05) is 31.2 Å². The van der Waals surface area contributed by atoms with Gasteiger partial charge < -0.3 is 5.32 Å².